The Kier molecular flexibility index (Phi) is 1.61. The van der Waals surface area contributed by atoms with Crippen molar-refractivity contribution < 1.29 is 0 Å². The van der Waals surface area contributed by atoms with Gasteiger partial charge in [0.2, 0.25) is 0 Å². The first-order valence-electron chi connectivity index (χ1n) is 3.83. The number of hydrogen-bond donors (Lipinski definition) is 2. The molecule has 2 heterocycles. The molecule has 0 aromatic rings. The first-order chi connectivity index (χ1) is 4.97. The van der Waals surface area contributed by atoms with Gasteiger partial charge in [0.25, 0.3) is 0 Å². The van der Waals surface area contributed by atoms with Gasteiger partial charge in [-0.15, -0.1) is 0 Å². The molecule has 1 unspecified atom stereocenters. The first kappa shape index (κ1) is 6.19. The van der Waals surface area contributed by atoms with Crippen molar-refractivity contribution in [2.75, 3.05) is 19.8 Å². The van der Waals surface area contributed by atoms with Gasteiger partial charge in [-0.2, -0.15) is 0 Å². The van der Waals surface area contributed by atoms with E-state index < -0.39 is 0 Å². The molecular weight excluding hydrogens is 126 g/mol. The number of nitrogens with zero attached hydrogens (tertiary/aromatic N) is 1. The maximum absolute atomic E-state index is 3.42. The van der Waals surface area contributed by atoms with E-state index in [9.17, 15) is 0 Å². The molecule has 56 valence electrons. The zero-order valence-corrected chi connectivity index (χ0v) is 6.01. The highest BCUT2D eigenvalue weighted by Gasteiger charge is 2.19. The summed E-state index contributed by atoms with van der Waals surface area (Å²) in [6, 6.07) is 0. The van der Waals surface area contributed by atoms with Crippen molar-refractivity contribution in [3.8, 4) is 0 Å². The molecule has 1 fully saturated rings. The minimum Gasteiger partial charge on any atom is -0.350 e. The number of fused-ring (bicyclic) bond motifs is 1. The average Bonchev–Trinajstić information content (AvgIpc) is 2.05. The second-order valence-electron chi connectivity index (χ2n) is 2.77. The fourth-order valence-electron chi connectivity index (χ4n) is 1.49. The summed E-state index contributed by atoms with van der Waals surface area (Å²) in [6.07, 6.45) is 6.13. The molecule has 1 atom stereocenters. The van der Waals surface area contributed by atoms with Crippen LogP contribution in [0, 0.1) is 0 Å². The van der Waals surface area contributed by atoms with Crippen LogP contribution in [0.3, 0.4) is 0 Å². The molecule has 2 aliphatic rings. The molecular formula is C7H13N3. The van der Waals surface area contributed by atoms with Gasteiger partial charge in [0.15, 0.2) is 0 Å². The minimum atomic E-state index is 0.589. The molecule has 0 aromatic heterocycles. The lowest BCUT2D eigenvalue weighted by atomic mass is 10.2. The maximum Gasteiger partial charge on any atom is 0.0817 e. The first-order valence-corrected chi connectivity index (χ1v) is 3.83. The standard InChI is InChI=1S/C7H13N3/c1-3-9-7-2-4-8-6-10(7)5-1/h1,5,7-9H,2-4,6H2. The highest BCUT2D eigenvalue weighted by Crippen LogP contribution is 2.07. The highest BCUT2D eigenvalue weighted by atomic mass is 15.3. The third-order valence-corrected chi connectivity index (χ3v) is 2.06. The van der Waals surface area contributed by atoms with Crippen LogP contribution in [0.15, 0.2) is 12.3 Å². The molecule has 0 amide bonds. The maximum atomic E-state index is 3.42. The lowest BCUT2D eigenvalue weighted by molar-refractivity contribution is 0.164. The van der Waals surface area contributed by atoms with Crippen LogP contribution in [0.2, 0.25) is 0 Å². The topological polar surface area (TPSA) is 27.3 Å². The largest absolute Gasteiger partial charge is 0.350 e. The van der Waals surface area contributed by atoms with Crippen molar-refractivity contribution in [3.05, 3.63) is 12.3 Å². The van der Waals surface area contributed by atoms with Crippen LogP contribution in [0.1, 0.15) is 6.42 Å². The van der Waals surface area contributed by atoms with Crippen molar-refractivity contribution >= 4 is 0 Å². The van der Waals surface area contributed by atoms with Crippen LogP contribution in [-0.2, 0) is 0 Å². The van der Waals surface area contributed by atoms with Gasteiger partial charge < -0.3 is 4.90 Å². The summed E-state index contributed by atoms with van der Waals surface area (Å²) in [7, 11) is 0. The van der Waals surface area contributed by atoms with Gasteiger partial charge in [-0.1, -0.05) is 6.08 Å². The Labute approximate surface area is 61.1 Å². The zero-order chi connectivity index (χ0) is 6.81. The monoisotopic (exact) mass is 139 g/mol. The van der Waals surface area contributed by atoms with Gasteiger partial charge in [-0.25, -0.2) is 0 Å². The Balaban J connectivity index is 2.03. The Bertz CT molecular complexity index is 144. The number of rotatable bonds is 0. The highest BCUT2D eigenvalue weighted by molar-refractivity contribution is 4.94. The van der Waals surface area contributed by atoms with E-state index in [4.69, 9.17) is 0 Å². The summed E-state index contributed by atoms with van der Waals surface area (Å²) in [5.41, 5.74) is 0. The number of nitrogens with one attached hydrogen (secondary N) is 2. The SMILES string of the molecule is C1=CN2CNCCC2NC1. The van der Waals surface area contributed by atoms with E-state index >= 15 is 0 Å². The number of hydrogen-bond acceptors (Lipinski definition) is 3. The third kappa shape index (κ3) is 1.02. The summed E-state index contributed by atoms with van der Waals surface area (Å²) in [5.74, 6) is 0. The van der Waals surface area contributed by atoms with Crippen molar-refractivity contribution in [2.24, 2.45) is 0 Å². The van der Waals surface area contributed by atoms with Crippen molar-refractivity contribution in [3.63, 3.8) is 0 Å². The third-order valence-electron chi connectivity index (χ3n) is 2.06. The van der Waals surface area contributed by atoms with Crippen LogP contribution in [-0.4, -0.2) is 30.8 Å². The molecule has 10 heavy (non-hydrogen) atoms. The van der Waals surface area contributed by atoms with E-state index in [1.807, 2.05) is 0 Å². The molecule has 3 heteroatoms. The van der Waals surface area contributed by atoms with E-state index in [2.05, 4.69) is 27.8 Å². The van der Waals surface area contributed by atoms with Crippen molar-refractivity contribution in [2.45, 2.75) is 12.6 Å². The van der Waals surface area contributed by atoms with E-state index in [1.165, 1.54) is 6.42 Å². The molecule has 0 saturated carbocycles. The molecule has 3 nitrogen and oxygen atoms in total. The fourth-order valence-corrected chi connectivity index (χ4v) is 1.49. The normalized spacial score (nSPS) is 32.0. The van der Waals surface area contributed by atoms with E-state index in [1.54, 1.807) is 0 Å². The van der Waals surface area contributed by atoms with Crippen molar-refractivity contribution in [1.29, 1.82) is 0 Å². The van der Waals surface area contributed by atoms with Gasteiger partial charge in [0.05, 0.1) is 12.8 Å². The van der Waals surface area contributed by atoms with Crippen LogP contribution < -0.4 is 10.6 Å². The Morgan fingerprint density at radius 1 is 1.50 bits per heavy atom. The summed E-state index contributed by atoms with van der Waals surface area (Å²) >= 11 is 0. The summed E-state index contributed by atoms with van der Waals surface area (Å²) in [5, 5.41) is 6.74. The molecule has 0 radical (unpaired) electrons. The molecule has 0 aromatic carbocycles. The Hall–Kier alpha value is -0.540. The van der Waals surface area contributed by atoms with Gasteiger partial charge in [-0.05, 0) is 12.6 Å². The van der Waals surface area contributed by atoms with Gasteiger partial charge in [0.1, 0.15) is 0 Å². The molecule has 2 N–H and O–H groups in total. The van der Waals surface area contributed by atoms with Gasteiger partial charge in [0, 0.05) is 13.1 Å². The zero-order valence-electron chi connectivity index (χ0n) is 6.01. The molecule has 2 aliphatic heterocycles. The predicted molar refractivity (Wildman–Crippen MR) is 40.3 cm³/mol. The minimum absolute atomic E-state index is 0.589. The van der Waals surface area contributed by atoms with Crippen LogP contribution >= 0.6 is 0 Å². The summed E-state index contributed by atoms with van der Waals surface area (Å²) in [4.78, 5) is 2.30. The molecule has 1 saturated heterocycles. The second kappa shape index (κ2) is 2.60. The smallest absolute Gasteiger partial charge is 0.0817 e. The lowest BCUT2D eigenvalue weighted by Crippen LogP contribution is -2.54. The Morgan fingerprint density at radius 2 is 2.50 bits per heavy atom. The van der Waals surface area contributed by atoms with Gasteiger partial charge in [-0.3, -0.25) is 10.6 Å². The van der Waals surface area contributed by atoms with Crippen molar-refractivity contribution in [1.82, 2.24) is 15.5 Å². The van der Waals surface area contributed by atoms with E-state index in [-0.39, 0.29) is 0 Å². The summed E-state index contributed by atoms with van der Waals surface area (Å²) in [6.45, 7) is 3.16. The van der Waals surface area contributed by atoms with E-state index in [0.717, 1.165) is 19.8 Å². The van der Waals surface area contributed by atoms with E-state index in [0.29, 0.717) is 6.17 Å². The molecule has 2 rings (SSSR count). The lowest BCUT2D eigenvalue weighted by Gasteiger charge is -2.38. The van der Waals surface area contributed by atoms with Gasteiger partial charge >= 0.3 is 0 Å². The quantitative estimate of drug-likeness (QED) is 0.482. The molecule has 0 aliphatic carbocycles. The Morgan fingerprint density at radius 3 is 3.40 bits per heavy atom. The fraction of sp³-hybridized carbons (Fsp3) is 0.714. The molecule has 0 spiro atoms. The van der Waals surface area contributed by atoms with Crippen LogP contribution in [0.4, 0.5) is 0 Å². The van der Waals surface area contributed by atoms with Crippen LogP contribution in [0.25, 0.3) is 0 Å². The average molecular weight is 139 g/mol. The second-order valence-corrected chi connectivity index (χ2v) is 2.77. The summed E-state index contributed by atoms with van der Waals surface area (Å²) < 4.78 is 0. The molecule has 0 bridgehead atoms. The van der Waals surface area contributed by atoms with Crippen LogP contribution in [0.5, 0.6) is 0 Å². The predicted octanol–water partition coefficient (Wildman–Crippen LogP) is -0.318.